The molecule has 1 heterocycles. The van der Waals surface area contributed by atoms with Crippen molar-refractivity contribution in [3.8, 4) is 0 Å². The molecule has 0 aliphatic rings. The number of hydrogen-bond donors (Lipinski definition) is 2. The number of ether oxygens (including phenoxy) is 1. The molecular weight excluding hydrogens is 306 g/mol. The molecule has 0 aromatic carbocycles. The van der Waals surface area contributed by atoms with E-state index in [4.69, 9.17) is 9.26 Å². The van der Waals surface area contributed by atoms with E-state index in [0.717, 1.165) is 25.5 Å². The van der Waals surface area contributed by atoms with Gasteiger partial charge in [-0.05, 0) is 19.3 Å². The summed E-state index contributed by atoms with van der Waals surface area (Å²) in [6, 6.07) is 0. The highest BCUT2D eigenvalue weighted by molar-refractivity contribution is 5.79. The van der Waals surface area contributed by atoms with Crippen LogP contribution in [-0.4, -0.2) is 42.4 Å². The van der Waals surface area contributed by atoms with Crippen LogP contribution in [0.4, 0.5) is 0 Å². The van der Waals surface area contributed by atoms with E-state index in [1.165, 1.54) is 0 Å². The molecule has 0 radical (unpaired) electrons. The molecule has 1 aromatic heterocycles. The number of aromatic nitrogens is 2. The Hall–Kier alpha value is -1.63. The van der Waals surface area contributed by atoms with Gasteiger partial charge in [-0.2, -0.15) is 4.98 Å². The monoisotopic (exact) mass is 339 g/mol. The van der Waals surface area contributed by atoms with Crippen molar-refractivity contribution in [2.45, 2.75) is 66.0 Å². The fourth-order valence-corrected chi connectivity index (χ4v) is 2.17. The zero-order chi connectivity index (χ0) is 18.2. The number of aliphatic imine (C=N–C) groups is 1. The summed E-state index contributed by atoms with van der Waals surface area (Å²) < 4.78 is 11.0. The third-order valence-electron chi connectivity index (χ3n) is 3.59. The van der Waals surface area contributed by atoms with Gasteiger partial charge < -0.3 is 19.9 Å². The number of hydrogen-bond acceptors (Lipinski definition) is 5. The standard InChI is InChI=1S/C17H33N5O2/c1-8-23-13(12(2)3)9-10-19-16(18-7)20-11-14-21-15(24-22-14)17(4,5)6/h12-13H,8-11H2,1-7H3,(H2,18,19,20). The maximum absolute atomic E-state index is 5.75. The molecule has 0 spiro atoms. The Morgan fingerprint density at radius 1 is 1.29 bits per heavy atom. The second-order valence-electron chi connectivity index (χ2n) is 7.14. The van der Waals surface area contributed by atoms with Crippen LogP contribution in [0.5, 0.6) is 0 Å². The minimum absolute atomic E-state index is 0.143. The van der Waals surface area contributed by atoms with Crippen LogP contribution < -0.4 is 10.6 Å². The molecule has 0 saturated heterocycles. The SMILES string of the molecule is CCOC(CCNC(=NC)NCc1noc(C(C)(C)C)n1)C(C)C. The number of rotatable bonds is 8. The Kier molecular flexibility index (Phi) is 8.18. The zero-order valence-electron chi connectivity index (χ0n) is 16.1. The highest BCUT2D eigenvalue weighted by Crippen LogP contribution is 2.19. The summed E-state index contributed by atoms with van der Waals surface area (Å²) in [5, 5.41) is 10.5. The smallest absolute Gasteiger partial charge is 0.232 e. The lowest BCUT2D eigenvalue weighted by molar-refractivity contribution is 0.0258. The van der Waals surface area contributed by atoms with Crippen LogP contribution in [0.2, 0.25) is 0 Å². The second-order valence-corrected chi connectivity index (χ2v) is 7.14. The second kappa shape index (κ2) is 9.61. The summed E-state index contributed by atoms with van der Waals surface area (Å²) in [5.74, 6) is 2.48. The lowest BCUT2D eigenvalue weighted by atomic mass is 9.97. The first-order valence-corrected chi connectivity index (χ1v) is 8.67. The number of nitrogens with zero attached hydrogens (tertiary/aromatic N) is 3. The molecule has 1 rings (SSSR count). The topological polar surface area (TPSA) is 84.6 Å². The highest BCUT2D eigenvalue weighted by atomic mass is 16.5. The fraction of sp³-hybridized carbons (Fsp3) is 0.824. The first kappa shape index (κ1) is 20.4. The Bertz CT molecular complexity index is 505. The van der Waals surface area contributed by atoms with Crippen molar-refractivity contribution >= 4 is 5.96 Å². The van der Waals surface area contributed by atoms with E-state index >= 15 is 0 Å². The summed E-state index contributed by atoms with van der Waals surface area (Å²) in [4.78, 5) is 8.61. The predicted molar refractivity (Wildman–Crippen MR) is 96.1 cm³/mol. The highest BCUT2D eigenvalue weighted by Gasteiger charge is 2.21. The molecule has 0 bridgehead atoms. The Morgan fingerprint density at radius 3 is 2.50 bits per heavy atom. The Balaban J connectivity index is 2.41. The third kappa shape index (κ3) is 6.86. The van der Waals surface area contributed by atoms with Crippen LogP contribution in [0.25, 0.3) is 0 Å². The van der Waals surface area contributed by atoms with Gasteiger partial charge in [0.05, 0.1) is 12.6 Å². The summed E-state index contributed by atoms with van der Waals surface area (Å²) >= 11 is 0. The largest absolute Gasteiger partial charge is 0.378 e. The van der Waals surface area contributed by atoms with Crippen molar-refractivity contribution in [2.75, 3.05) is 20.2 Å². The van der Waals surface area contributed by atoms with Crippen molar-refractivity contribution in [3.63, 3.8) is 0 Å². The minimum Gasteiger partial charge on any atom is -0.378 e. The number of nitrogens with one attached hydrogen (secondary N) is 2. The summed E-state index contributed by atoms with van der Waals surface area (Å²) in [6.45, 7) is 14.5. The average Bonchev–Trinajstić information content (AvgIpc) is 2.98. The van der Waals surface area contributed by atoms with Crippen molar-refractivity contribution in [2.24, 2.45) is 10.9 Å². The quantitative estimate of drug-likeness (QED) is 0.559. The maximum Gasteiger partial charge on any atom is 0.232 e. The average molecular weight is 339 g/mol. The van der Waals surface area contributed by atoms with Gasteiger partial charge >= 0.3 is 0 Å². The zero-order valence-corrected chi connectivity index (χ0v) is 16.1. The van der Waals surface area contributed by atoms with Crippen LogP contribution in [0, 0.1) is 5.92 Å². The first-order chi connectivity index (χ1) is 11.3. The molecule has 1 unspecified atom stereocenters. The molecule has 1 atom stereocenters. The lowest BCUT2D eigenvalue weighted by Crippen LogP contribution is -2.39. The van der Waals surface area contributed by atoms with Gasteiger partial charge in [-0.15, -0.1) is 0 Å². The van der Waals surface area contributed by atoms with Crippen LogP contribution in [-0.2, 0) is 16.7 Å². The van der Waals surface area contributed by atoms with Crippen molar-refractivity contribution < 1.29 is 9.26 Å². The molecule has 0 amide bonds. The molecule has 2 N–H and O–H groups in total. The van der Waals surface area contributed by atoms with Gasteiger partial charge in [0.2, 0.25) is 5.89 Å². The first-order valence-electron chi connectivity index (χ1n) is 8.67. The van der Waals surface area contributed by atoms with Gasteiger partial charge in [-0.1, -0.05) is 39.8 Å². The Labute approximate surface area is 145 Å². The van der Waals surface area contributed by atoms with Gasteiger partial charge in [-0.25, -0.2) is 0 Å². The fourth-order valence-electron chi connectivity index (χ4n) is 2.17. The van der Waals surface area contributed by atoms with E-state index < -0.39 is 0 Å². The molecule has 7 nitrogen and oxygen atoms in total. The van der Waals surface area contributed by atoms with Gasteiger partial charge in [0.15, 0.2) is 11.8 Å². The van der Waals surface area contributed by atoms with Gasteiger partial charge in [-0.3, -0.25) is 4.99 Å². The molecule has 0 saturated carbocycles. The third-order valence-corrected chi connectivity index (χ3v) is 3.59. The molecule has 0 fully saturated rings. The van der Waals surface area contributed by atoms with Crippen LogP contribution in [0.3, 0.4) is 0 Å². The molecule has 138 valence electrons. The lowest BCUT2D eigenvalue weighted by Gasteiger charge is -2.21. The Morgan fingerprint density at radius 2 is 2.00 bits per heavy atom. The number of guanidine groups is 1. The minimum atomic E-state index is -0.143. The van der Waals surface area contributed by atoms with Crippen LogP contribution in [0.1, 0.15) is 59.7 Å². The summed E-state index contributed by atoms with van der Waals surface area (Å²) in [6.07, 6.45) is 1.19. The van der Waals surface area contributed by atoms with E-state index in [1.54, 1.807) is 7.05 Å². The van der Waals surface area contributed by atoms with Gasteiger partial charge in [0, 0.05) is 25.6 Å². The van der Waals surface area contributed by atoms with Crippen LogP contribution >= 0.6 is 0 Å². The molecule has 7 heteroatoms. The molecule has 0 aliphatic carbocycles. The van der Waals surface area contributed by atoms with Gasteiger partial charge in [0.1, 0.15) is 0 Å². The maximum atomic E-state index is 5.75. The van der Waals surface area contributed by atoms with E-state index in [9.17, 15) is 0 Å². The molecule has 1 aromatic rings. The normalized spacial score (nSPS) is 14.1. The van der Waals surface area contributed by atoms with Crippen molar-refractivity contribution in [1.82, 2.24) is 20.8 Å². The van der Waals surface area contributed by atoms with E-state index in [1.807, 2.05) is 27.7 Å². The molecule has 0 aliphatic heterocycles. The molecule has 24 heavy (non-hydrogen) atoms. The van der Waals surface area contributed by atoms with Gasteiger partial charge in [0.25, 0.3) is 0 Å². The van der Waals surface area contributed by atoms with E-state index in [-0.39, 0.29) is 11.5 Å². The van der Waals surface area contributed by atoms with Crippen molar-refractivity contribution in [3.05, 3.63) is 11.7 Å². The van der Waals surface area contributed by atoms with E-state index in [2.05, 4.69) is 39.6 Å². The summed E-state index contributed by atoms with van der Waals surface area (Å²) in [5.41, 5.74) is -0.143. The van der Waals surface area contributed by atoms with Crippen LogP contribution in [0.15, 0.2) is 9.52 Å². The van der Waals surface area contributed by atoms with Crippen molar-refractivity contribution in [1.29, 1.82) is 0 Å². The molecular formula is C17H33N5O2. The predicted octanol–water partition coefficient (Wildman–Crippen LogP) is 2.48. The van der Waals surface area contributed by atoms with E-state index in [0.29, 0.717) is 24.2 Å². The summed E-state index contributed by atoms with van der Waals surface area (Å²) in [7, 11) is 1.74.